The number of halogens is 1. The molecule has 2 aromatic carbocycles. The first-order chi connectivity index (χ1) is 13.2. The summed E-state index contributed by atoms with van der Waals surface area (Å²) in [6.07, 6.45) is 3.16. The fraction of sp³-hybridized carbons (Fsp3) is 0.0526. The van der Waals surface area contributed by atoms with E-state index in [0.29, 0.717) is 27.7 Å². The number of fused-ring (bicyclic) bond motifs is 1. The highest BCUT2D eigenvalue weighted by Gasteiger charge is 2.13. The Morgan fingerprint density at radius 2 is 1.93 bits per heavy atom. The Morgan fingerprint density at radius 1 is 1.11 bits per heavy atom. The third kappa shape index (κ3) is 3.20. The minimum atomic E-state index is -0.195. The smallest absolute Gasteiger partial charge is 0.251 e. The quantitative estimate of drug-likeness (QED) is 0.567. The van der Waals surface area contributed by atoms with Crippen LogP contribution in [0.1, 0.15) is 10.4 Å². The van der Waals surface area contributed by atoms with Crippen LogP contribution in [-0.2, 0) is 0 Å². The third-order valence-corrected chi connectivity index (χ3v) is 4.40. The number of rotatable bonds is 4. The lowest BCUT2D eigenvalue weighted by molar-refractivity contribution is 0.0963. The van der Waals surface area contributed by atoms with Gasteiger partial charge in [0, 0.05) is 12.6 Å². The molecule has 0 fully saturated rings. The number of hydrogen-bond acceptors (Lipinski definition) is 5. The summed E-state index contributed by atoms with van der Waals surface area (Å²) in [6, 6.07) is 14.7. The largest absolute Gasteiger partial charge is 0.355 e. The lowest BCUT2D eigenvalue weighted by atomic mass is 10.2. The van der Waals surface area contributed by atoms with Crippen molar-refractivity contribution in [2.75, 3.05) is 12.4 Å². The molecule has 0 atom stereocenters. The first-order valence-electron chi connectivity index (χ1n) is 8.20. The average Bonchev–Trinajstić information content (AvgIpc) is 3.15. The molecule has 1 amide bonds. The average molecular weight is 379 g/mol. The van der Waals surface area contributed by atoms with Gasteiger partial charge in [-0.15, -0.1) is 0 Å². The maximum absolute atomic E-state index is 11.9. The number of carbonyl (C=O) groups is 1. The minimum absolute atomic E-state index is 0.195. The van der Waals surface area contributed by atoms with Crippen molar-refractivity contribution in [3.8, 4) is 5.69 Å². The van der Waals surface area contributed by atoms with Gasteiger partial charge in [-0.3, -0.25) is 4.79 Å². The summed E-state index contributed by atoms with van der Waals surface area (Å²) in [5.41, 5.74) is 2.63. The highest BCUT2D eigenvalue weighted by atomic mass is 35.5. The van der Waals surface area contributed by atoms with Crippen LogP contribution in [-0.4, -0.2) is 32.7 Å². The van der Waals surface area contributed by atoms with Crippen LogP contribution in [0.2, 0.25) is 5.02 Å². The summed E-state index contributed by atoms with van der Waals surface area (Å²) in [6.45, 7) is 0. The van der Waals surface area contributed by atoms with Crippen molar-refractivity contribution in [1.29, 1.82) is 0 Å². The molecule has 134 valence electrons. The molecule has 2 N–H and O–H groups in total. The second kappa shape index (κ2) is 7.05. The van der Waals surface area contributed by atoms with E-state index in [2.05, 4.69) is 25.7 Å². The monoisotopic (exact) mass is 378 g/mol. The maximum atomic E-state index is 11.9. The van der Waals surface area contributed by atoms with E-state index in [-0.39, 0.29) is 5.91 Å². The van der Waals surface area contributed by atoms with Crippen molar-refractivity contribution in [1.82, 2.24) is 25.1 Å². The number of anilines is 2. The number of nitrogens with zero attached hydrogens (tertiary/aromatic N) is 4. The van der Waals surface area contributed by atoms with Crippen LogP contribution in [0.4, 0.5) is 11.5 Å². The molecule has 27 heavy (non-hydrogen) atoms. The molecule has 0 aliphatic heterocycles. The summed E-state index contributed by atoms with van der Waals surface area (Å²) in [5.74, 6) is 0.359. The Balaban J connectivity index is 1.76. The number of nitrogens with one attached hydrogen (secondary N) is 2. The molecule has 0 radical (unpaired) electrons. The van der Waals surface area contributed by atoms with Crippen LogP contribution >= 0.6 is 11.6 Å². The lowest BCUT2D eigenvalue weighted by Crippen LogP contribution is -2.17. The van der Waals surface area contributed by atoms with E-state index in [1.165, 1.54) is 6.33 Å². The topological polar surface area (TPSA) is 84.7 Å². The molecule has 0 bridgehead atoms. The van der Waals surface area contributed by atoms with Gasteiger partial charge < -0.3 is 10.6 Å². The van der Waals surface area contributed by atoms with Crippen molar-refractivity contribution < 1.29 is 4.79 Å². The normalized spacial score (nSPS) is 10.7. The van der Waals surface area contributed by atoms with Gasteiger partial charge in [0.25, 0.3) is 5.91 Å². The first kappa shape index (κ1) is 17.0. The van der Waals surface area contributed by atoms with Gasteiger partial charge in [0.2, 0.25) is 0 Å². The van der Waals surface area contributed by atoms with E-state index < -0.39 is 0 Å². The van der Waals surface area contributed by atoms with Crippen molar-refractivity contribution in [3.05, 3.63) is 71.6 Å². The van der Waals surface area contributed by atoms with Crippen molar-refractivity contribution in [2.45, 2.75) is 0 Å². The number of aromatic nitrogens is 4. The number of carbonyl (C=O) groups excluding carboxylic acids is 1. The number of benzene rings is 2. The molecule has 4 rings (SSSR count). The molecule has 0 saturated heterocycles. The Labute approximate surface area is 160 Å². The predicted molar refractivity (Wildman–Crippen MR) is 105 cm³/mol. The van der Waals surface area contributed by atoms with E-state index in [0.717, 1.165) is 11.1 Å². The molecule has 0 saturated carbocycles. The molecule has 2 heterocycles. The minimum Gasteiger partial charge on any atom is -0.355 e. The van der Waals surface area contributed by atoms with Crippen molar-refractivity contribution >= 4 is 40.0 Å². The molecule has 0 unspecified atom stereocenters. The molecule has 0 aliphatic rings. The predicted octanol–water partition coefficient (Wildman–Crippen LogP) is 3.57. The van der Waals surface area contributed by atoms with Crippen molar-refractivity contribution in [3.63, 3.8) is 0 Å². The van der Waals surface area contributed by atoms with E-state index >= 15 is 0 Å². The van der Waals surface area contributed by atoms with E-state index in [9.17, 15) is 4.79 Å². The summed E-state index contributed by atoms with van der Waals surface area (Å²) in [5, 5.41) is 11.4. The zero-order chi connectivity index (χ0) is 18.8. The molecule has 0 spiro atoms. The fourth-order valence-electron chi connectivity index (χ4n) is 2.74. The Bertz CT molecular complexity index is 1130. The van der Waals surface area contributed by atoms with Crippen LogP contribution < -0.4 is 10.6 Å². The fourth-order valence-corrected chi connectivity index (χ4v) is 2.90. The van der Waals surface area contributed by atoms with Gasteiger partial charge in [0.15, 0.2) is 5.65 Å². The second-order valence-corrected chi connectivity index (χ2v) is 6.16. The Hall–Kier alpha value is -3.45. The van der Waals surface area contributed by atoms with E-state index in [4.69, 9.17) is 11.6 Å². The zero-order valence-corrected chi connectivity index (χ0v) is 15.1. The number of hydrogen-bond donors (Lipinski definition) is 2. The van der Waals surface area contributed by atoms with Crippen molar-refractivity contribution in [2.24, 2.45) is 0 Å². The van der Waals surface area contributed by atoms with E-state index in [1.54, 1.807) is 36.1 Å². The highest BCUT2D eigenvalue weighted by Crippen LogP contribution is 2.29. The summed E-state index contributed by atoms with van der Waals surface area (Å²) < 4.78 is 1.74. The van der Waals surface area contributed by atoms with Crippen LogP contribution in [0.3, 0.4) is 0 Å². The highest BCUT2D eigenvalue weighted by molar-refractivity contribution is 6.33. The SMILES string of the molecule is CNC(=O)c1ccc(Cl)c(Nc2ncnc3c2cnn3-c2ccccc2)c1. The van der Waals surface area contributed by atoms with Gasteiger partial charge in [-0.1, -0.05) is 29.8 Å². The van der Waals surface area contributed by atoms with E-state index in [1.807, 2.05) is 30.3 Å². The Morgan fingerprint density at radius 3 is 2.70 bits per heavy atom. The van der Waals surface area contributed by atoms with Crippen LogP contribution in [0.5, 0.6) is 0 Å². The summed E-state index contributed by atoms with van der Waals surface area (Å²) in [4.78, 5) is 20.5. The second-order valence-electron chi connectivity index (χ2n) is 5.75. The number of amides is 1. The van der Waals surface area contributed by atoms with Gasteiger partial charge in [0.05, 0.1) is 28.0 Å². The van der Waals surface area contributed by atoms with Gasteiger partial charge in [0.1, 0.15) is 12.1 Å². The van der Waals surface area contributed by atoms with Gasteiger partial charge in [-0.05, 0) is 30.3 Å². The molecular formula is C19H15ClN6O. The molecule has 0 aliphatic carbocycles. The van der Waals surface area contributed by atoms with Gasteiger partial charge >= 0.3 is 0 Å². The molecular weight excluding hydrogens is 364 g/mol. The Kier molecular flexibility index (Phi) is 4.43. The number of para-hydroxylation sites is 1. The molecule has 7 nitrogen and oxygen atoms in total. The van der Waals surface area contributed by atoms with Crippen LogP contribution in [0, 0.1) is 0 Å². The van der Waals surface area contributed by atoms with Crippen LogP contribution in [0.15, 0.2) is 61.1 Å². The summed E-state index contributed by atoms with van der Waals surface area (Å²) in [7, 11) is 1.58. The summed E-state index contributed by atoms with van der Waals surface area (Å²) >= 11 is 6.29. The molecule has 8 heteroatoms. The first-order valence-corrected chi connectivity index (χ1v) is 8.58. The van der Waals surface area contributed by atoms with Gasteiger partial charge in [-0.2, -0.15) is 5.10 Å². The maximum Gasteiger partial charge on any atom is 0.251 e. The van der Waals surface area contributed by atoms with Crippen LogP contribution in [0.25, 0.3) is 16.7 Å². The zero-order valence-electron chi connectivity index (χ0n) is 14.3. The molecule has 4 aromatic rings. The molecule has 2 aromatic heterocycles. The standard InChI is InChI=1S/C19H15ClN6O/c1-21-19(27)12-7-8-15(20)16(9-12)25-17-14-10-24-26(18(14)23-11-22-17)13-5-3-2-4-6-13/h2-11H,1H3,(H,21,27)(H,22,23,25). The third-order valence-electron chi connectivity index (χ3n) is 4.08. The lowest BCUT2D eigenvalue weighted by Gasteiger charge is -2.10. The van der Waals surface area contributed by atoms with Gasteiger partial charge in [-0.25, -0.2) is 14.6 Å².